The molecule has 1 aromatic heterocycles. The van der Waals surface area contributed by atoms with Crippen molar-refractivity contribution in [3.63, 3.8) is 0 Å². The van der Waals surface area contributed by atoms with Crippen molar-refractivity contribution in [3.8, 4) is 0 Å². The lowest BCUT2D eigenvalue weighted by Crippen LogP contribution is -2.44. The predicted molar refractivity (Wildman–Crippen MR) is 55.8 cm³/mol. The van der Waals surface area contributed by atoms with E-state index in [1.807, 2.05) is 12.4 Å². The molecule has 0 aromatic carbocycles. The molecule has 2 N–H and O–H groups in total. The van der Waals surface area contributed by atoms with Crippen molar-refractivity contribution in [3.05, 3.63) is 23.8 Å². The largest absolute Gasteiger partial charge is 0.319 e. The molecule has 3 heteroatoms. The second-order valence-electron chi connectivity index (χ2n) is 4.50. The molecule has 0 radical (unpaired) electrons. The number of hydrogen-bond acceptors (Lipinski definition) is 3. The van der Waals surface area contributed by atoms with E-state index in [1.165, 1.54) is 12.0 Å². The lowest BCUT2D eigenvalue weighted by molar-refractivity contribution is 0.238. The Morgan fingerprint density at radius 1 is 1.29 bits per heavy atom. The molecule has 1 heterocycles. The van der Waals surface area contributed by atoms with Gasteiger partial charge in [-0.1, -0.05) is 13.8 Å². The maximum Gasteiger partial charge on any atom is 0.148 e. The highest BCUT2D eigenvalue weighted by atomic mass is 15.0. The molecule has 0 amide bonds. The van der Waals surface area contributed by atoms with Crippen LogP contribution < -0.4 is 5.73 Å². The van der Waals surface area contributed by atoms with Crippen molar-refractivity contribution in [2.24, 2.45) is 5.73 Å². The topological polar surface area (TPSA) is 51.8 Å². The summed E-state index contributed by atoms with van der Waals surface area (Å²) in [5.41, 5.74) is 7.08. The van der Waals surface area contributed by atoms with E-state index in [4.69, 9.17) is 5.73 Å². The summed E-state index contributed by atoms with van der Waals surface area (Å²) < 4.78 is 0. The molecule has 0 atom stereocenters. The third kappa shape index (κ3) is 1.52. The molecule has 0 aliphatic heterocycles. The fourth-order valence-corrected chi connectivity index (χ4v) is 1.67. The zero-order valence-electron chi connectivity index (χ0n) is 8.83. The first kappa shape index (κ1) is 9.59. The van der Waals surface area contributed by atoms with Crippen LogP contribution in [0.2, 0.25) is 0 Å². The molecule has 0 spiro atoms. The second kappa shape index (κ2) is 3.31. The average molecular weight is 191 g/mol. The van der Waals surface area contributed by atoms with Crippen LogP contribution in [0.25, 0.3) is 0 Å². The second-order valence-corrected chi connectivity index (χ2v) is 4.50. The minimum absolute atomic E-state index is 0.227. The van der Waals surface area contributed by atoms with Gasteiger partial charge in [0.15, 0.2) is 0 Å². The van der Waals surface area contributed by atoms with Crippen molar-refractivity contribution in [2.75, 3.05) is 0 Å². The van der Waals surface area contributed by atoms with E-state index < -0.39 is 0 Å². The van der Waals surface area contributed by atoms with Crippen LogP contribution in [-0.4, -0.2) is 9.97 Å². The number of rotatable bonds is 2. The van der Waals surface area contributed by atoms with Gasteiger partial charge in [-0.3, -0.25) is 0 Å². The standard InChI is InChI=1S/C11H17N3/c1-8(2)9-6-13-10(14-7-9)11(12)4-3-5-11/h6-8H,3-5,12H2,1-2H3. The molecule has 1 aliphatic carbocycles. The van der Waals surface area contributed by atoms with Gasteiger partial charge in [-0.05, 0) is 30.7 Å². The van der Waals surface area contributed by atoms with Crippen LogP contribution in [0.3, 0.4) is 0 Å². The smallest absolute Gasteiger partial charge is 0.148 e. The summed E-state index contributed by atoms with van der Waals surface area (Å²) in [4.78, 5) is 8.72. The summed E-state index contributed by atoms with van der Waals surface area (Å²) in [5.74, 6) is 1.30. The van der Waals surface area contributed by atoms with Crippen molar-refractivity contribution < 1.29 is 0 Å². The summed E-state index contributed by atoms with van der Waals surface area (Å²) in [7, 11) is 0. The monoisotopic (exact) mass is 191 g/mol. The Bertz CT molecular complexity index is 312. The van der Waals surface area contributed by atoms with Crippen LogP contribution in [0.5, 0.6) is 0 Å². The lowest BCUT2D eigenvalue weighted by atomic mass is 9.77. The Hall–Kier alpha value is -0.960. The summed E-state index contributed by atoms with van der Waals surface area (Å²) in [5, 5.41) is 0. The first-order valence-electron chi connectivity index (χ1n) is 5.23. The van der Waals surface area contributed by atoms with Crippen LogP contribution in [0, 0.1) is 0 Å². The van der Waals surface area contributed by atoms with Gasteiger partial charge in [-0.2, -0.15) is 0 Å². The van der Waals surface area contributed by atoms with Crippen molar-refractivity contribution in [2.45, 2.75) is 44.6 Å². The first-order valence-corrected chi connectivity index (χ1v) is 5.23. The number of nitrogens with zero attached hydrogens (tertiary/aromatic N) is 2. The number of aromatic nitrogens is 2. The normalized spacial score (nSPS) is 19.4. The average Bonchev–Trinajstić information content (AvgIpc) is 2.14. The van der Waals surface area contributed by atoms with Gasteiger partial charge in [0.05, 0.1) is 5.54 Å². The Labute approximate surface area is 84.8 Å². The predicted octanol–water partition coefficient (Wildman–Crippen LogP) is 1.94. The van der Waals surface area contributed by atoms with E-state index in [-0.39, 0.29) is 5.54 Å². The SMILES string of the molecule is CC(C)c1cnc(C2(N)CCC2)nc1. The van der Waals surface area contributed by atoms with Crippen LogP contribution in [0.4, 0.5) is 0 Å². The third-order valence-corrected chi connectivity index (χ3v) is 3.03. The van der Waals surface area contributed by atoms with Gasteiger partial charge in [-0.25, -0.2) is 9.97 Å². The lowest BCUT2D eigenvalue weighted by Gasteiger charge is -2.36. The van der Waals surface area contributed by atoms with Crippen LogP contribution in [-0.2, 0) is 5.54 Å². The van der Waals surface area contributed by atoms with E-state index in [0.717, 1.165) is 18.7 Å². The fraction of sp³-hybridized carbons (Fsp3) is 0.636. The highest BCUT2D eigenvalue weighted by Crippen LogP contribution is 2.36. The quantitative estimate of drug-likeness (QED) is 0.777. The molecule has 0 unspecified atom stereocenters. The van der Waals surface area contributed by atoms with Crippen molar-refractivity contribution in [1.82, 2.24) is 9.97 Å². The molecule has 2 rings (SSSR count). The van der Waals surface area contributed by atoms with Gasteiger partial charge in [0.25, 0.3) is 0 Å². The van der Waals surface area contributed by atoms with E-state index in [2.05, 4.69) is 23.8 Å². The van der Waals surface area contributed by atoms with Crippen molar-refractivity contribution >= 4 is 0 Å². The molecule has 76 valence electrons. The number of hydrogen-bond donors (Lipinski definition) is 1. The van der Waals surface area contributed by atoms with Gasteiger partial charge < -0.3 is 5.73 Å². The molecule has 0 bridgehead atoms. The summed E-state index contributed by atoms with van der Waals surface area (Å²) in [6, 6.07) is 0. The third-order valence-electron chi connectivity index (χ3n) is 3.03. The Morgan fingerprint density at radius 3 is 2.21 bits per heavy atom. The maximum atomic E-state index is 6.13. The molecule has 1 fully saturated rings. The zero-order valence-corrected chi connectivity index (χ0v) is 8.83. The maximum absolute atomic E-state index is 6.13. The Kier molecular flexibility index (Phi) is 2.27. The molecule has 0 saturated heterocycles. The summed E-state index contributed by atoms with van der Waals surface area (Å²) in [6.07, 6.45) is 7.05. The number of nitrogens with two attached hydrogens (primary N) is 1. The molecule has 1 aliphatic rings. The van der Waals surface area contributed by atoms with Crippen LogP contribution in [0.15, 0.2) is 12.4 Å². The molecular weight excluding hydrogens is 174 g/mol. The zero-order chi connectivity index (χ0) is 10.2. The van der Waals surface area contributed by atoms with Crippen LogP contribution in [0.1, 0.15) is 50.4 Å². The minimum Gasteiger partial charge on any atom is -0.319 e. The molecule has 1 aromatic rings. The summed E-state index contributed by atoms with van der Waals surface area (Å²) >= 11 is 0. The Morgan fingerprint density at radius 2 is 1.86 bits per heavy atom. The fourth-order valence-electron chi connectivity index (χ4n) is 1.67. The molecule has 14 heavy (non-hydrogen) atoms. The van der Waals surface area contributed by atoms with Gasteiger partial charge in [0.1, 0.15) is 5.82 Å². The van der Waals surface area contributed by atoms with Gasteiger partial charge in [0.2, 0.25) is 0 Å². The Balaban J connectivity index is 2.21. The van der Waals surface area contributed by atoms with Crippen molar-refractivity contribution in [1.29, 1.82) is 0 Å². The molecule has 1 saturated carbocycles. The highest BCUT2D eigenvalue weighted by Gasteiger charge is 2.36. The summed E-state index contributed by atoms with van der Waals surface area (Å²) in [6.45, 7) is 4.28. The molecular formula is C11H17N3. The van der Waals surface area contributed by atoms with E-state index >= 15 is 0 Å². The first-order chi connectivity index (χ1) is 6.62. The van der Waals surface area contributed by atoms with E-state index in [1.54, 1.807) is 0 Å². The van der Waals surface area contributed by atoms with Gasteiger partial charge >= 0.3 is 0 Å². The minimum atomic E-state index is -0.227. The van der Waals surface area contributed by atoms with E-state index in [0.29, 0.717) is 5.92 Å². The molecule has 3 nitrogen and oxygen atoms in total. The van der Waals surface area contributed by atoms with Crippen LogP contribution >= 0.6 is 0 Å². The van der Waals surface area contributed by atoms with Gasteiger partial charge in [-0.15, -0.1) is 0 Å². The van der Waals surface area contributed by atoms with Gasteiger partial charge in [0, 0.05) is 12.4 Å². The van der Waals surface area contributed by atoms with E-state index in [9.17, 15) is 0 Å². The highest BCUT2D eigenvalue weighted by molar-refractivity contribution is 5.15.